The van der Waals surface area contributed by atoms with Crippen LogP contribution < -0.4 is 5.32 Å². The molecule has 0 bridgehead atoms. The maximum atomic E-state index is 11.8. The summed E-state index contributed by atoms with van der Waals surface area (Å²) in [6, 6.07) is 7.41. The molecule has 3 rings (SSSR count). The summed E-state index contributed by atoms with van der Waals surface area (Å²) in [5.74, 6) is 0.550. The average Bonchev–Trinajstić information content (AvgIpc) is 2.90. The van der Waals surface area contributed by atoms with E-state index in [0.717, 1.165) is 11.1 Å². The molecule has 1 fully saturated rings. The van der Waals surface area contributed by atoms with E-state index in [2.05, 4.69) is 15.5 Å². The Hall–Kier alpha value is -2.54. The first-order chi connectivity index (χ1) is 10.1. The van der Waals surface area contributed by atoms with Crippen molar-refractivity contribution in [2.24, 2.45) is 0 Å². The second-order valence-corrected chi connectivity index (χ2v) is 4.81. The van der Waals surface area contributed by atoms with Crippen molar-refractivity contribution in [2.45, 2.75) is 13.5 Å². The van der Waals surface area contributed by atoms with Gasteiger partial charge in [0.15, 0.2) is 0 Å². The third-order valence-corrected chi connectivity index (χ3v) is 3.21. The minimum atomic E-state index is -0.216. The molecule has 21 heavy (non-hydrogen) atoms. The highest BCUT2D eigenvalue weighted by Crippen LogP contribution is 2.18. The zero-order valence-electron chi connectivity index (χ0n) is 11.5. The second kappa shape index (κ2) is 5.45. The van der Waals surface area contributed by atoms with Crippen molar-refractivity contribution in [1.82, 2.24) is 20.4 Å². The van der Waals surface area contributed by atoms with Crippen LogP contribution in [0, 0.1) is 6.92 Å². The lowest BCUT2D eigenvalue weighted by Gasteiger charge is -2.25. The Morgan fingerprint density at radius 3 is 2.71 bits per heavy atom. The topological polar surface area (TPSA) is 88.3 Å². The van der Waals surface area contributed by atoms with Gasteiger partial charge < -0.3 is 4.52 Å². The highest BCUT2D eigenvalue weighted by molar-refractivity contribution is 5.99. The molecule has 108 valence electrons. The summed E-state index contributed by atoms with van der Waals surface area (Å²) >= 11 is 0. The van der Waals surface area contributed by atoms with E-state index in [1.54, 1.807) is 6.92 Å². The van der Waals surface area contributed by atoms with Crippen molar-refractivity contribution in [1.29, 1.82) is 0 Å². The van der Waals surface area contributed by atoms with Gasteiger partial charge in [0.25, 0.3) is 0 Å². The number of rotatable bonds is 3. The molecule has 0 saturated carbocycles. The smallest absolute Gasteiger partial charge is 0.243 e. The van der Waals surface area contributed by atoms with Crippen LogP contribution in [0.25, 0.3) is 11.4 Å². The minimum Gasteiger partial charge on any atom is -0.339 e. The number of piperazine rings is 1. The zero-order chi connectivity index (χ0) is 14.8. The van der Waals surface area contributed by atoms with Crippen molar-refractivity contribution >= 4 is 11.8 Å². The lowest BCUT2D eigenvalue weighted by molar-refractivity contribution is -0.147. The van der Waals surface area contributed by atoms with Crippen LogP contribution >= 0.6 is 0 Å². The van der Waals surface area contributed by atoms with Gasteiger partial charge in [-0.15, -0.1) is 0 Å². The van der Waals surface area contributed by atoms with Crippen LogP contribution in [0.4, 0.5) is 0 Å². The first kappa shape index (κ1) is 13.4. The summed E-state index contributed by atoms with van der Waals surface area (Å²) < 4.78 is 4.95. The molecule has 0 spiro atoms. The molecule has 1 saturated heterocycles. The molecular weight excluding hydrogens is 272 g/mol. The summed E-state index contributed by atoms with van der Waals surface area (Å²) in [5.41, 5.74) is 1.64. The Morgan fingerprint density at radius 2 is 2.05 bits per heavy atom. The molecular formula is C14H14N4O3. The second-order valence-electron chi connectivity index (χ2n) is 4.81. The molecule has 2 aromatic rings. The number of nitrogens with zero attached hydrogens (tertiary/aromatic N) is 3. The molecule has 2 amide bonds. The number of hydrogen-bond donors (Lipinski definition) is 1. The number of hydrogen-bond acceptors (Lipinski definition) is 6. The number of nitrogens with one attached hydrogen (secondary N) is 1. The predicted molar refractivity (Wildman–Crippen MR) is 72.9 cm³/mol. The van der Waals surface area contributed by atoms with E-state index < -0.39 is 0 Å². The summed E-state index contributed by atoms with van der Waals surface area (Å²) in [6.07, 6.45) is 0. The fourth-order valence-corrected chi connectivity index (χ4v) is 2.19. The van der Waals surface area contributed by atoms with E-state index in [-0.39, 0.29) is 31.4 Å². The van der Waals surface area contributed by atoms with Crippen LogP contribution in [0.15, 0.2) is 28.8 Å². The largest absolute Gasteiger partial charge is 0.339 e. The quantitative estimate of drug-likeness (QED) is 0.827. The molecule has 1 aromatic heterocycles. The molecule has 1 aliphatic heterocycles. The van der Waals surface area contributed by atoms with E-state index in [9.17, 15) is 9.59 Å². The number of amides is 2. The van der Waals surface area contributed by atoms with Crippen molar-refractivity contribution < 1.29 is 14.1 Å². The van der Waals surface area contributed by atoms with Crippen molar-refractivity contribution in [2.75, 3.05) is 13.1 Å². The highest BCUT2D eigenvalue weighted by Gasteiger charge is 2.25. The van der Waals surface area contributed by atoms with Crippen LogP contribution in [0.5, 0.6) is 0 Å². The van der Waals surface area contributed by atoms with Crippen LogP contribution in [0.3, 0.4) is 0 Å². The van der Waals surface area contributed by atoms with Gasteiger partial charge in [-0.1, -0.05) is 23.4 Å². The molecule has 0 atom stereocenters. The summed E-state index contributed by atoms with van der Waals surface area (Å²) in [6.45, 7) is 2.35. The SMILES string of the molecule is Cc1nc(-c2cccc(CN3C(=O)CNCC3=O)c2)no1. The fourth-order valence-electron chi connectivity index (χ4n) is 2.19. The minimum absolute atomic E-state index is 0.190. The van der Waals surface area contributed by atoms with Gasteiger partial charge in [-0.2, -0.15) is 4.98 Å². The molecule has 7 heteroatoms. The molecule has 0 unspecified atom stereocenters. The van der Waals surface area contributed by atoms with E-state index in [1.165, 1.54) is 4.90 Å². The van der Waals surface area contributed by atoms with Crippen molar-refractivity contribution in [3.63, 3.8) is 0 Å². The van der Waals surface area contributed by atoms with Crippen molar-refractivity contribution in [3.05, 3.63) is 35.7 Å². The number of aromatic nitrogens is 2. The van der Waals surface area contributed by atoms with Crippen LogP contribution in [0.1, 0.15) is 11.5 Å². The number of aryl methyl sites for hydroxylation is 1. The summed E-state index contributed by atoms with van der Waals surface area (Å²) in [4.78, 5) is 29.0. The van der Waals surface area contributed by atoms with Crippen LogP contribution in [-0.4, -0.2) is 39.9 Å². The Kier molecular flexibility index (Phi) is 3.49. The maximum absolute atomic E-state index is 11.8. The summed E-state index contributed by atoms with van der Waals surface area (Å²) in [5, 5.41) is 6.63. The maximum Gasteiger partial charge on any atom is 0.243 e. The standard InChI is InChI=1S/C14H14N4O3/c1-9-16-14(17-21-9)11-4-2-3-10(5-11)8-18-12(19)6-15-7-13(18)20/h2-5,15H,6-8H2,1H3. The molecule has 1 aliphatic rings. The normalized spacial score (nSPS) is 15.6. The lowest BCUT2D eigenvalue weighted by Crippen LogP contribution is -2.51. The molecule has 0 aliphatic carbocycles. The Labute approximate surface area is 120 Å². The summed E-state index contributed by atoms with van der Waals surface area (Å²) in [7, 11) is 0. The predicted octanol–water partition coefficient (Wildman–Crippen LogP) is 0.503. The van der Waals surface area contributed by atoms with Gasteiger partial charge >= 0.3 is 0 Å². The number of benzene rings is 1. The van der Waals surface area contributed by atoms with E-state index in [4.69, 9.17) is 4.52 Å². The Bertz CT molecular complexity index is 679. The molecule has 7 nitrogen and oxygen atoms in total. The highest BCUT2D eigenvalue weighted by atomic mass is 16.5. The first-order valence-corrected chi connectivity index (χ1v) is 6.57. The number of carbonyl (C=O) groups excluding carboxylic acids is 2. The van der Waals surface area contributed by atoms with Crippen molar-refractivity contribution in [3.8, 4) is 11.4 Å². The van der Waals surface area contributed by atoms with Gasteiger partial charge in [-0.3, -0.25) is 19.8 Å². The van der Waals surface area contributed by atoms with Gasteiger partial charge in [0, 0.05) is 12.5 Å². The fraction of sp³-hybridized carbons (Fsp3) is 0.286. The van der Waals surface area contributed by atoms with E-state index in [0.29, 0.717) is 11.7 Å². The molecule has 1 N–H and O–H groups in total. The van der Waals surface area contributed by atoms with Gasteiger partial charge in [-0.05, 0) is 11.6 Å². The lowest BCUT2D eigenvalue weighted by atomic mass is 10.1. The van der Waals surface area contributed by atoms with Gasteiger partial charge in [0.2, 0.25) is 23.5 Å². The molecule has 0 radical (unpaired) electrons. The Balaban J connectivity index is 1.83. The Morgan fingerprint density at radius 1 is 1.29 bits per heavy atom. The van der Waals surface area contributed by atoms with Crippen LogP contribution in [-0.2, 0) is 16.1 Å². The van der Waals surface area contributed by atoms with Gasteiger partial charge in [-0.25, -0.2) is 0 Å². The van der Waals surface area contributed by atoms with Gasteiger partial charge in [0.1, 0.15) is 0 Å². The van der Waals surface area contributed by atoms with Gasteiger partial charge in [0.05, 0.1) is 19.6 Å². The monoisotopic (exact) mass is 286 g/mol. The molecule has 1 aromatic carbocycles. The van der Waals surface area contributed by atoms with Crippen LogP contribution in [0.2, 0.25) is 0 Å². The van der Waals surface area contributed by atoms with E-state index >= 15 is 0 Å². The molecule has 2 heterocycles. The number of imide groups is 1. The zero-order valence-corrected chi connectivity index (χ0v) is 11.5. The van der Waals surface area contributed by atoms with E-state index in [1.807, 2.05) is 24.3 Å². The first-order valence-electron chi connectivity index (χ1n) is 6.57. The third-order valence-electron chi connectivity index (χ3n) is 3.21. The average molecular weight is 286 g/mol. The number of carbonyl (C=O) groups is 2. The third kappa shape index (κ3) is 2.82.